The lowest BCUT2D eigenvalue weighted by Crippen LogP contribution is -2.21. The third-order valence-electron chi connectivity index (χ3n) is 1.23. The van der Waals surface area contributed by atoms with Crippen LogP contribution in [0.15, 0.2) is 0 Å². The largest absolute Gasteiger partial charge is 0.469 e. The van der Waals surface area contributed by atoms with Gasteiger partial charge in [0.1, 0.15) is 0 Å². The lowest BCUT2D eigenvalue weighted by atomic mass is 10.1. The molecule has 0 fully saturated rings. The lowest BCUT2D eigenvalue weighted by Gasteiger charge is -2.10. The number of carbonyl (C=O) groups is 1. The first-order valence-electron chi connectivity index (χ1n) is 3.17. The summed E-state index contributed by atoms with van der Waals surface area (Å²) in [6.07, 6.45) is 0.650. The Hall–Kier alpha value is -0.140. The predicted molar refractivity (Wildman–Crippen MR) is 43.5 cm³/mol. The SMILES string of the molecule is COC(=O)C(C)CC(N)P. The van der Waals surface area contributed by atoms with Crippen molar-refractivity contribution < 1.29 is 9.53 Å². The minimum atomic E-state index is -0.196. The van der Waals surface area contributed by atoms with Gasteiger partial charge in [-0.2, -0.15) is 0 Å². The van der Waals surface area contributed by atoms with Crippen LogP contribution in [0.4, 0.5) is 0 Å². The highest BCUT2D eigenvalue weighted by molar-refractivity contribution is 7.17. The highest BCUT2D eigenvalue weighted by Crippen LogP contribution is 2.09. The Kier molecular flexibility index (Phi) is 4.58. The molecule has 4 heteroatoms. The van der Waals surface area contributed by atoms with Gasteiger partial charge < -0.3 is 10.5 Å². The zero-order valence-corrected chi connectivity index (χ0v) is 7.49. The molecule has 3 nitrogen and oxygen atoms in total. The van der Waals surface area contributed by atoms with Crippen LogP contribution in [0.3, 0.4) is 0 Å². The fourth-order valence-electron chi connectivity index (χ4n) is 0.706. The van der Waals surface area contributed by atoms with Crippen LogP contribution < -0.4 is 5.73 Å². The topological polar surface area (TPSA) is 52.3 Å². The fraction of sp³-hybridized carbons (Fsp3) is 0.833. The number of carbonyl (C=O) groups excluding carboxylic acids is 1. The van der Waals surface area contributed by atoms with Crippen LogP contribution in [0, 0.1) is 5.92 Å². The maximum Gasteiger partial charge on any atom is 0.308 e. The zero-order valence-electron chi connectivity index (χ0n) is 6.33. The standard InChI is InChI=1S/C6H14NO2P/c1-4(3-5(7)10)6(8)9-2/h4-5H,3,7,10H2,1-2H3. The van der Waals surface area contributed by atoms with Gasteiger partial charge in [-0.3, -0.25) is 4.79 Å². The molecule has 0 aliphatic carbocycles. The Labute approximate surface area is 63.5 Å². The van der Waals surface area contributed by atoms with Crippen molar-refractivity contribution in [2.24, 2.45) is 11.7 Å². The predicted octanol–water partition coefficient (Wildman–Crippen LogP) is 0.345. The Bertz CT molecular complexity index is 116. The van der Waals surface area contributed by atoms with Crippen molar-refractivity contribution in [3.63, 3.8) is 0 Å². The van der Waals surface area contributed by atoms with Crippen molar-refractivity contribution in [3.8, 4) is 0 Å². The van der Waals surface area contributed by atoms with E-state index >= 15 is 0 Å². The summed E-state index contributed by atoms with van der Waals surface area (Å²) in [5.74, 6) is -0.315. The monoisotopic (exact) mass is 163 g/mol. The number of ether oxygens (including phenoxy) is 1. The van der Waals surface area contributed by atoms with Gasteiger partial charge in [0, 0.05) is 5.78 Å². The Morgan fingerprint density at radius 1 is 1.80 bits per heavy atom. The number of esters is 1. The smallest absolute Gasteiger partial charge is 0.308 e. The summed E-state index contributed by atoms with van der Waals surface area (Å²) in [5.41, 5.74) is 5.44. The van der Waals surface area contributed by atoms with Crippen LogP contribution in [0.1, 0.15) is 13.3 Å². The van der Waals surface area contributed by atoms with E-state index in [2.05, 4.69) is 14.0 Å². The highest BCUT2D eigenvalue weighted by atomic mass is 31.0. The minimum absolute atomic E-state index is 0.0194. The Morgan fingerprint density at radius 3 is 2.60 bits per heavy atom. The molecule has 0 amide bonds. The van der Waals surface area contributed by atoms with E-state index in [1.54, 1.807) is 6.92 Å². The number of nitrogens with two attached hydrogens (primary N) is 1. The van der Waals surface area contributed by atoms with Crippen molar-refractivity contribution in [2.45, 2.75) is 19.1 Å². The van der Waals surface area contributed by atoms with E-state index in [1.165, 1.54) is 7.11 Å². The molecular weight excluding hydrogens is 149 g/mol. The molecule has 0 spiro atoms. The molecule has 0 saturated heterocycles. The maximum atomic E-state index is 10.8. The molecule has 3 atom stereocenters. The Morgan fingerprint density at radius 2 is 2.30 bits per heavy atom. The van der Waals surface area contributed by atoms with Crippen LogP contribution in [0.2, 0.25) is 0 Å². The summed E-state index contributed by atoms with van der Waals surface area (Å²) >= 11 is 0. The van der Waals surface area contributed by atoms with Gasteiger partial charge in [0.2, 0.25) is 0 Å². The van der Waals surface area contributed by atoms with Crippen LogP contribution >= 0.6 is 9.24 Å². The van der Waals surface area contributed by atoms with Crippen molar-refractivity contribution in [1.29, 1.82) is 0 Å². The van der Waals surface area contributed by atoms with Crippen molar-refractivity contribution >= 4 is 15.2 Å². The molecule has 0 aliphatic heterocycles. The van der Waals surface area contributed by atoms with Crippen LogP contribution in [-0.2, 0) is 9.53 Å². The van der Waals surface area contributed by atoms with Gasteiger partial charge in [-0.1, -0.05) is 6.92 Å². The molecular formula is C6H14NO2P. The van der Waals surface area contributed by atoms with E-state index < -0.39 is 0 Å². The summed E-state index contributed by atoms with van der Waals surface area (Å²) in [6, 6.07) is 0. The van der Waals surface area contributed by atoms with Crippen molar-refractivity contribution in [1.82, 2.24) is 0 Å². The average Bonchev–Trinajstić information content (AvgIpc) is 1.85. The summed E-state index contributed by atoms with van der Waals surface area (Å²) in [4.78, 5) is 10.8. The van der Waals surface area contributed by atoms with E-state index in [0.717, 1.165) is 0 Å². The zero-order chi connectivity index (χ0) is 8.15. The normalized spacial score (nSPS) is 16.0. The molecule has 0 saturated carbocycles. The van der Waals surface area contributed by atoms with Gasteiger partial charge in [0.25, 0.3) is 0 Å². The van der Waals surface area contributed by atoms with Gasteiger partial charge in [-0.25, -0.2) is 0 Å². The summed E-state index contributed by atoms with van der Waals surface area (Å²) in [7, 11) is 3.82. The fourth-order valence-corrected chi connectivity index (χ4v) is 1.11. The molecule has 3 unspecified atom stereocenters. The second-order valence-corrected chi connectivity index (χ2v) is 3.18. The number of rotatable bonds is 3. The third kappa shape index (κ3) is 3.80. The van der Waals surface area contributed by atoms with Crippen LogP contribution in [0.25, 0.3) is 0 Å². The third-order valence-corrected chi connectivity index (χ3v) is 1.50. The molecule has 0 heterocycles. The second kappa shape index (κ2) is 4.64. The van der Waals surface area contributed by atoms with E-state index in [-0.39, 0.29) is 17.7 Å². The van der Waals surface area contributed by atoms with E-state index in [1.807, 2.05) is 0 Å². The van der Waals surface area contributed by atoms with Crippen LogP contribution in [0.5, 0.6) is 0 Å². The molecule has 2 N–H and O–H groups in total. The summed E-state index contributed by atoms with van der Waals surface area (Å²) in [5, 5.41) is 0. The molecule has 0 radical (unpaired) electrons. The van der Waals surface area contributed by atoms with Gasteiger partial charge in [-0.05, 0) is 6.42 Å². The number of hydrogen-bond donors (Lipinski definition) is 1. The summed E-state index contributed by atoms with van der Waals surface area (Å²) in [6.45, 7) is 1.80. The maximum absolute atomic E-state index is 10.8. The number of methoxy groups -OCH3 is 1. The molecule has 10 heavy (non-hydrogen) atoms. The molecule has 0 aromatic carbocycles. The second-order valence-electron chi connectivity index (χ2n) is 2.32. The van der Waals surface area contributed by atoms with E-state index in [9.17, 15) is 4.79 Å². The van der Waals surface area contributed by atoms with Gasteiger partial charge in [-0.15, -0.1) is 9.24 Å². The molecule has 60 valence electrons. The van der Waals surface area contributed by atoms with Gasteiger partial charge in [0.05, 0.1) is 13.0 Å². The number of hydrogen-bond acceptors (Lipinski definition) is 3. The highest BCUT2D eigenvalue weighted by Gasteiger charge is 2.13. The van der Waals surface area contributed by atoms with Gasteiger partial charge >= 0.3 is 5.97 Å². The quantitative estimate of drug-likeness (QED) is 0.482. The first-order chi connectivity index (χ1) is 4.57. The van der Waals surface area contributed by atoms with E-state index in [4.69, 9.17) is 5.73 Å². The minimum Gasteiger partial charge on any atom is -0.469 e. The molecule has 0 bridgehead atoms. The van der Waals surface area contributed by atoms with Crippen molar-refractivity contribution in [3.05, 3.63) is 0 Å². The summed E-state index contributed by atoms with van der Waals surface area (Å²) < 4.78 is 4.51. The molecule has 0 aromatic rings. The lowest BCUT2D eigenvalue weighted by molar-refractivity contribution is -0.145. The van der Waals surface area contributed by atoms with E-state index in [0.29, 0.717) is 6.42 Å². The van der Waals surface area contributed by atoms with Gasteiger partial charge in [0.15, 0.2) is 0 Å². The average molecular weight is 163 g/mol. The Balaban J connectivity index is 3.61. The first kappa shape index (κ1) is 9.86. The first-order valence-corrected chi connectivity index (χ1v) is 3.83. The molecule has 0 aromatic heterocycles. The van der Waals surface area contributed by atoms with Crippen LogP contribution in [-0.4, -0.2) is 18.9 Å². The molecule has 0 rings (SSSR count). The molecule has 0 aliphatic rings. The van der Waals surface area contributed by atoms with Crippen molar-refractivity contribution in [2.75, 3.05) is 7.11 Å².